The van der Waals surface area contributed by atoms with Crippen LogP contribution in [0.15, 0.2) is 48.5 Å². The molecule has 1 aliphatic heterocycles. The predicted molar refractivity (Wildman–Crippen MR) is 93.2 cm³/mol. The number of carbonyl (C=O) groups is 1. The number of hydrogen-bond donors (Lipinski definition) is 1. The van der Waals surface area contributed by atoms with Crippen molar-refractivity contribution in [2.75, 3.05) is 21.9 Å². The van der Waals surface area contributed by atoms with Crippen molar-refractivity contribution in [2.24, 2.45) is 0 Å². The van der Waals surface area contributed by atoms with Crippen LogP contribution in [0.2, 0.25) is 0 Å². The first-order chi connectivity index (χ1) is 12.3. The minimum atomic E-state index is -3.34. The summed E-state index contributed by atoms with van der Waals surface area (Å²) in [5.74, 6) is -0.479. The molecule has 2 aromatic rings. The van der Waals surface area contributed by atoms with Crippen LogP contribution in [0.1, 0.15) is 16.8 Å². The van der Waals surface area contributed by atoms with Gasteiger partial charge < -0.3 is 10.1 Å². The Morgan fingerprint density at radius 1 is 1.15 bits per heavy atom. The average molecular weight is 382 g/mol. The zero-order valence-electron chi connectivity index (χ0n) is 13.6. The van der Waals surface area contributed by atoms with Crippen LogP contribution in [0.4, 0.5) is 20.2 Å². The van der Waals surface area contributed by atoms with Crippen molar-refractivity contribution < 1.29 is 26.7 Å². The number of rotatable bonds is 5. The predicted octanol–water partition coefficient (Wildman–Crippen LogP) is 3.08. The fourth-order valence-electron chi connectivity index (χ4n) is 2.69. The number of carbonyl (C=O) groups excluding carboxylic acids is 1. The number of halogens is 2. The van der Waals surface area contributed by atoms with Crippen molar-refractivity contribution in [1.29, 1.82) is 0 Å². The molecule has 0 aliphatic carbocycles. The number of sulfonamides is 1. The molecule has 2 aromatic carbocycles. The van der Waals surface area contributed by atoms with Gasteiger partial charge in [0.05, 0.1) is 11.4 Å². The molecule has 0 saturated carbocycles. The van der Waals surface area contributed by atoms with E-state index >= 15 is 0 Å². The topological polar surface area (TPSA) is 75.7 Å². The third-order valence-electron chi connectivity index (χ3n) is 3.81. The Kier molecular flexibility index (Phi) is 5.08. The van der Waals surface area contributed by atoms with Gasteiger partial charge in [0.25, 0.3) is 5.91 Å². The molecule has 138 valence electrons. The molecule has 1 N–H and O–H groups in total. The van der Waals surface area contributed by atoms with E-state index in [1.165, 1.54) is 34.6 Å². The lowest BCUT2D eigenvalue weighted by atomic mass is 10.1. The third kappa shape index (κ3) is 4.10. The Hall–Kier alpha value is -2.68. The van der Waals surface area contributed by atoms with Gasteiger partial charge in [-0.3, -0.25) is 9.10 Å². The third-order valence-corrected chi connectivity index (χ3v) is 5.68. The number of anilines is 2. The first kappa shape index (κ1) is 18.1. The summed E-state index contributed by atoms with van der Waals surface area (Å²) in [4.78, 5) is 12.4. The molecular weight excluding hydrogens is 366 g/mol. The molecule has 1 amide bonds. The SMILES string of the molecule is O=C(Nc1cccc(OC(F)F)c1)c1cccc(N2CCCS2(=O)=O)c1. The second-order valence-electron chi connectivity index (χ2n) is 5.65. The number of hydrogen-bond acceptors (Lipinski definition) is 4. The van der Waals surface area contributed by atoms with Crippen molar-refractivity contribution in [3.8, 4) is 5.75 Å². The average Bonchev–Trinajstić information content (AvgIpc) is 2.94. The minimum Gasteiger partial charge on any atom is -0.435 e. The molecule has 6 nitrogen and oxygen atoms in total. The molecule has 1 saturated heterocycles. The smallest absolute Gasteiger partial charge is 0.387 e. The zero-order chi connectivity index (χ0) is 18.7. The lowest BCUT2D eigenvalue weighted by Gasteiger charge is -2.17. The maximum Gasteiger partial charge on any atom is 0.387 e. The number of nitrogens with zero attached hydrogens (tertiary/aromatic N) is 1. The van der Waals surface area contributed by atoms with E-state index in [1.807, 2.05) is 0 Å². The summed E-state index contributed by atoms with van der Waals surface area (Å²) in [6, 6.07) is 11.9. The summed E-state index contributed by atoms with van der Waals surface area (Å²) in [5.41, 5.74) is 0.960. The fraction of sp³-hybridized carbons (Fsp3) is 0.235. The number of amides is 1. The van der Waals surface area contributed by atoms with E-state index in [-0.39, 0.29) is 22.8 Å². The molecule has 0 aromatic heterocycles. The van der Waals surface area contributed by atoms with Gasteiger partial charge in [0.15, 0.2) is 0 Å². The molecule has 26 heavy (non-hydrogen) atoms. The fourth-order valence-corrected chi connectivity index (χ4v) is 4.24. The van der Waals surface area contributed by atoms with Crippen LogP contribution < -0.4 is 14.4 Å². The molecule has 9 heteroatoms. The summed E-state index contributed by atoms with van der Waals surface area (Å²) >= 11 is 0. The Balaban J connectivity index is 1.78. The summed E-state index contributed by atoms with van der Waals surface area (Å²) in [6.07, 6.45) is 0.537. The minimum absolute atomic E-state index is 0.0743. The van der Waals surface area contributed by atoms with Crippen LogP contribution in [-0.4, -0.2) is 33.2 Å². The molecule has 1 heterocycles. The van der Waals surface area contributed by atoms with Gasteiger partial charge >= 0.3 is 6.61 Å². The molecular formula is C17H16F2N2O4S. The van der Waals surface area contributed by atoms with Crippen LogP contribution in [0, 0.1) is 0 Å². The molecule has 1 fully saturated rings. The van der Waals surface area contributed by atoms with Gasteiger partial charge in [-0.15, -0.1) is 0 Å². The van der Waals surface area contributed by atoms with Crippen molar-refractivity contribution in [3.05, 3.63) is 54.1 Å². The first-order valence-corrected chi connectivity index (χ1v) is 9.43. The first-order valence-electron chi connectivity index (χ1n) is 7.82. The van der Waals surface area contributed by atoms with Crippen molar-refractivity contribution in [3.63, 3.8) is 0 Å². The van der Waals surface area contributed by atoms with Gasteiger partial charge in [0.1, 0.15) is 5.75 Å². The monoisotopic (exact) mass is 382 g/mol. The normalized spacial score (nSPS) is 15.9. The molecule has 1 aliphatic rings. The van der Waals surface area contributed by atoms with Crippen LogP contribution in [0.3, 0.4) is 0 Å². The van der Waals surface area contributed by atoms with E-state index in [2.05, 4.69) is 10.1 Å². The van der Waals surface area contributed by atoms with Crippen LogP contribution in [-0.2, 0) is 10.0 Å². The summed E-state index contributed by atoms with van der Waals surface area (Å²) < 4.78 is 54.1. The summed E-state index contributed by atoms with van der Waals surface area (Å²) in [7, 11) is -3.34. The highest BCUT2D eigenvalue weighted by molar-refractivity contribution is 7.93. The van der Waals surface area contributed by atoms with Gasteiger partial charge in [0, 0.05) is 23.9 Å². The Morgan fingerprint density at radius 2 is 1.92 bits per heavy atom. The Labute approximate surface area is 149 Å². The highest BCUT2D eigenvalue weighted by Gasteiger charge is 2.28. The quantitative estimate of drug-likeness (QED) is 0.862. The van der Waals surface area contributed by atoms with Gasteiger partial charge in [-0.25, -0.2) is 8.42 Å². The van der Waals surface area contributed by atoms with Crippen molar-refractivity contribution in [2.45, 2.75) is 13.0 Å². The molecule has 3 rings (SSSR count). The van der Waals surface area contributed by atoms with E-state index in [1.54, 1.807) is 18.2 Å². The molecule has 0 unspecified atom stereocenters. The molecule has 0 spiro atoms. The second kappa shape index (κ2) is 7.28. The van der Waals surface area contributed by atoms with E-state index in [4.69, 9.17) is 0 Å². The number of benzene rings is 2. The van der Waals surface area contributed by atoms with E-state index in [9.17, 15) is 22.0 Å². The van der Waals surface area contributed by atoms with Crippen LogP contribution >= 0.6 is 0 Å². The highest BCUT2D eigenvalue weighted by atomic mass is 32.2. The van der Waals surface area contributed by atoms with Crippen LogP contribution in [0.25, 0.3) is 0 Å². The highest BCUT2D eigenvalue weighted by Crippen LogP contribution is 2.25. The Bertz CT molecular complexity index is 918. The van der Waals surface area contributed by atoms with Crippen molar-refractivity contribution >= 4 is 27.3 Å². The van der Waals surface area contributed by atoms with Gasteiger partial charge in [0.2, 0.25) is 10.0 Å². The largest absolute Gasteiger partial charge is 0.435 e. The summed E-state index contributed by atoms with van der Waals surface area (Å²) in [5, 5.41) is 2.58. The van der Waals surface area contributed by atoms with E-state index in [0.717, 1.165) is 0 Å². The number of ether oxygens (including phenoxy) is 1. The Morgan fingerprint density at radius 3 is 2.62 bits per heavy atom. The van der Waals surface area contributed by atoms with Gasteiger partial charge in [-0.1, -0.05) is 12.1 Å². The molecule has 0 atom stereocenters. The standard InChI is InChI=1S/C17H16F2N2O4S/c18-17(19)25-15-7-2-5-13(11-15)20-16(22)12-4-1-6-14(10-12)21-8-3-9-26(21,23)24/h1-2,4-7,10-11,17H,3,8-9H2,(H,20,22). The number of nitrogens with one attached hydrogen (secondary N) is 1. The molecule has 0 radical (unpaired) electrons. The van der Waals surface area contributed by atoms with Crippen LogP contribution in [0.5, 0.6) is 5.75 Å². The van der Waals surface area contributed by atoms with Gasteiger partial charge in [-0.05, 0) is 36.8 Å². The van der Waals surface area contributed by atoms with Gasteiger partial charge in [-0.2, -0.15) is 8.78 Å². The second-order valence-corrected chi connectivity index (χ2v) is 7.67. The van der Waals surface area contributed by atoms with E-state index < -0.39 is 22.5 Å². The zero-order valence-corrected chi connectivity index (χ0v) is 14.4. The van der Waals surface area contributed by atoms with E-state index in [0.29, 0.717) is 18.7 Å². The van der Waals surface area contributed by atoms with Crippen molar-refractivity contribution in [1.82, 2.24) is 0 Å². The lowest BCUT2D eigenvalue weighted by molar-refractivity contribution is -0.0498. The maximum atomic E-state index is 12.4. The maximum absolute atomic E-state index is 12.4. The number of alkyl halides is 2. The molecule has 0 bridgehead atoms. The summed E-state index contributed by atoms with van der Waals surface area (Å²) in [6.45, 7) is -2.58. The lowest BCUT2D eigenvalue weighted by Crippen LogP contribution is -2.25.